The first-order valence-corrected chi connectivity index (χ1v) is 7.00. The molecule has 1 aliphatic carbocycles. The fourth-order valence-corrected chi connectivity index (χ4v) is 3.11. The normalized spacial score (nSPS) is 29.3. The fourth-order valence-electron chi connectivity index (χ4n) is 2.73. The van der Waals surface area contributed by atoms with Crippen LogP contribution in [0.15, 0.2) is 18.2 Å². The van der Waals surface area contributed by atoms with Crippen molar-refractivity contribution in [2.45, 2.75) is 44.6 Å². The van der Waals surface area contributed by atoms with Gasteiger partial charge >= 0.3 is 0 Å². The molecule has 1 aromatic carbocycles. The van der Waals surface area contributed by atoms with Crippen molar-refractivity contribution in [1.82, 2.24) is 0 Å². The minimum Gasteiger partial charge on any atom is -0.325 e. The molecule has 2 atom stereocenters. The van der Waals surface area contributed by atoms with Crippen molar-refractivity contribution in [3.8, 4) is 0 Å². The number of rotatable bonds is 2. The van der Waals surface area contributed by atoms with Gasteiger partial charge in [-0.1, -0.05) is 43.0 Å². The number of benzene rings is 1. The van der Waals surface area contributed by atoms with Crippen LogP contribution < -0.4 is 5.73 Å². The minimum atomic E-state index is -0.118. The summed E-state index contributed by atoms with van der Waals surface area (Å²) in [5, 5.41) is 1.51. The Bertz CT molecular complexity index is 405. The maximum absolute atomic E-state index is 6.55. The highest BCUT2D eigenvalue weighted by atomic mass is 35.5. The van der Waals surface area contributed by atoms with Crippen molar-refractivity contribution in [3.63, 3.8) is 0 Å². The number of halogens is 2. The van der Waals surface area contributed by atoms with E-state index < -0.39 is 0 Å². The SMILES string of the molecule is CC1CCCCC1(N)Cc1cc(Cl)ccc1Cl. The highest BCUT2D eigenvalue weighted by Gasteiger charge is 2.34. The van der Waals surface area contributed by atoms with Crippen molar-refractivity contribution < 1.29 is 0 Å². The Morgan fingerprint density at radius 1 is 1.35 bits per heavy atom. The van der Waals surface area contributed by atoms with Crippen LogP contribution in [-0.2, 0) is 6.42 Å². The second-order valence-corrected chi connectivity index (χ2v) is 6.14. The molecule has 94 valence electrons. The summed E-state index contributed by atoms with van der Waals surface area (Å²) in [6.07, 6.45) is 5.64. The van der Waals surface area contributed by atoms with Gasteiger partial charge in [-0.05, 0) is 48.9 Å². The molecule has 0 amide bonds. The standard InChI is InChI=1S/C14H19Cl2N/c1-10-4-2-3-7-14(10,17)9-11-8-12(15)5-6-13(11)16/h5-6,8,10H,2-4,7,9,17H2,1H3. The lowest BCUT2D eigenvalue weighted by molar-refractivity contribution is 0.204. The lowest BCUT2D eigenvalue weighted by Crippen LogP contribution is -2.50. The molecule has 2 unspecified atom stereocenters. The van der Waals surface area contributed by atoms with Gasteiger partial charge in [0.15, 0.2) is 0 Å². The summed E-state index contributed by atoms with van der Waals surface area (Å²) in [6.45, 7) is 2.25. The van der Waals surface area contributed by atoms with E-state index in [-0.39, 0.29) is 5.54 Å². The average molecular weight is 272 g/mol. The maximum atomic E-state index is 6.55. The predicted octanol–water partition coefficient (Wildman–Crippen LogP) is 4.44. The average Bonchev–Trinajstić information content (AvgIpc) is 2.28. The molecule has 0 aromatic heterocycles. The van der Waals surface area contributed by atoms with Crippen molar-refractivity contribution in [2.24, 2.45) is 11.7 Å². The van der Waals surface area contributed by atoms with E-state index in [0.29, 0.717) is 5.92 Å². The van der Waals surface area contributed by atoms with Crippen LogP contribution in [0.25, 0.3) is 0 Å². The molecule has 0 aliphatic heterocycles. The molecule has 0 saturated heterocycles. The highest BCUT2D eigenvalue weighted by Crippen LogP contribution is 2.36. The molecule has 1 aromatic rings. The summed E-state index contributed by atoms with van der Waals surface area (Å²) >= 11 is 12.2. The van der Waals surface area contributed by atoms with Crippen LogP contribution >= 0.6 is 23.2 Å². The smallest absolute Gasteiger partial charge is 0.0439 e. The van der Waals surface area contributed by atoms with Crippen LogP contribution in [0.5, 0.6) is 0 Å². The molecule has 17 heavy (non-hydrogen) atoms. The zero-order chi connectivity index (χ0) is 12.5. The third kappa shape index (κ3) is 2.96. The zero-order valence-corrected chi connectivity index (χ0v) is 11.7. The van der Waals surface area contributed by atoms with E-state index in [4.69, 9.17) is 28.9 Å². The Hall–Kier alpha value is -0.240. The van der Waals surface area contributed by atoms with E-state index >= 15 is 0 Å². The lowest BCUT2D eigenvalue weighted by atomic mass is 9.71. The van der Waals surface area contributed by atoms with Gasteiger partial charge in [0.25, 0.3) is 0 Å². The van der Waals surface area contributed by atoms with Gasteiger partial charge < -0.3 is 5.73 Å². The summed E-state index contributed by atoms with van der Waals surface area (Å²) in [4.78, 5) is 0. The number of hydrogen-bond acceptors (Lipinski definition) is 1. The molecule has 1 fully saturated rings. The Morgan fingerprint density at radius 2 is 2.12 bits per heavy atom. The third-order valence-electron chi connectivity index (χ3n) is 4.04. The van der Waals surface area contributed by atoms with Crippen molar-refractivity contribution in [1.29, 1.82) is 0 Å². The number of nitrogens with two attached hydrogens (primary N) is 1. The first kappa shape index (κ1) is 13.2. The second kappa shape index (κ2) is 5.17. The Kier molecular flexibility index (Phi) is 4.02. The fraction of sp³-hybridized carbons (Fsp3) is 0.571. The topological polar surface area (TPSA) is 26.0 Å². The molecular weight excluding hydrogens is 253 g/mol. The molecule has 1 aliphatic rings. The van der Waals surface area contributed by atoms with Crippen molar-refractivity contribution in [2.75, 3.05) is 0 Å². The summed E-state index contributed by atoms with van der Waals surface area (Å²) in [5.74, 6) is 0.547. The molecule has 2 rings (SSSR count). The second-order valence-electron chi connectivity index (χ2n) is 5.29. The Morgan fingerprint density at radius 3 is 2.82 bits per heavy atom. The molecule has 3 heteroatoms. The van der Waals surface area contributed by atoms with Crippen molar-refractivity contribution in [3.05, 3.63) is 33.8 Å². The van der Waals surface area contributed by atoms with Crippen LogP contribution in [0.1, 0.15) is 38.2 Å². The first-order valence-electron chi connectivity index (χ1n) is 6.24. The van der Waals surface area contributed by atoms with Gasteiger partial charge in [-0.25, -0.2) is 0 Å². The van der Waals surface area contributed by atoms with Gasteiger partial charge in [0.2, 0.25) is 0 Å². The van der Waals surface area contributed by atoms with Crippen LogP contribution in [-0.4, -0.2) is 5.54 Å². The predicted molar refractivity (Wildman–Crippen MR) is 74.7 cm³/mol. The van der Waals surface area contributed by atoms with Gasteiger partial charge in [0.05, 0.1) is 0 Å². The van der Waals surface area contributed by atoms with Crippen LogP contribution in [0, 0.1) is 5.92 Å². The summed E-state index contributed by atoms with van der Waals surface area (Å²) in [5.41, 5.74) is 7.51. The van der Waals surface area contributed by atoms with Gasteiger partial charge in [0, 0.05) is 15.6 Å². The van der Waals surface area contributed by atoms with E-state index in [1.807, 2.05) is 18.2 Å². The van der Waals surface area contributed by atoms with Crippen LogP contribution in [0.2, 0.25) is 10.0 Å². The van der Waals surface area contributed by atoms with Gasteiger partial charge in [-0.2, -0.15) is 0 Å². The minimum absolute atomic E-state index is 0.118. The van der Waals surface area contributed by atoms with E-state index in [1.54, 1.807) is 0 Å². The van der Waals surface area contributed by atoms with E-state index in [2.05, 4.69) is 6.92 Å². The molecule has 0 spiro atoms. The lowest BCUT2D eigenvalue weighted by Gasteiger charge is -2.40. The van der Waals surface area contributed by atoms with E-state index in [0.717, 1.165) is 28.5 Å². The largest absolute Gasteiger partial charge is 0.325 e. The highest BCUT2D eigenvalue weighted by molar-refractivity contribution is 6.33. The summed E-state index contributed by atoms with van der Waals surface area (Å²) < 4.78 is 0. The quantitative estimate of drug-likeness (QED) is 0.846. The summed E-state index contributed by atoms with van der Waals surface area (Å²) in [7, 11) is 0. The summed E-state index contributed by atoms with van der Waals surface area (Å²) in [6, 6.07) is 5.62. The van der Waals surface area contributed by atoms with E-state index in [1.165, 1.54) is 19.3 Å². The van der Waals surface area contributed by atoms with Crippen LogP contribution in [0.4, 0.5) is 0 Å². The van der Waals surface area contributed by atoms with Gasteiger partial charge in [-0.3, -0.25) is 0 Å². The molecule has 1 saturated carbocycles. The molecule has 1 nitrogen and oxygen atoms in total. The number of hydrogen-bond donors (Lipinski definition) is 1. The molecule has 0 heterocycles. The zero-order valence-electron chi connectivity index (χ0n) is 10.2. The van der Waals surface area contributed by atoms with Crippen LogP contribution in [0.3, 0.4) is 0 Å². The molecule has 2 N–H and O–H groups in total. The Balaban J connectivity index is 2.21. The molecule has 0 radical (unpaired) electrons. The first-order chi connectivity index (χ1) is 8.01. The van der Waals surface area contributed by atoms with Crippen molar-refractivity contribution >= 4 is 23.2 Å². The third-order valence-corrected chi connectivity index (χ3v) is 4.64. The molecular formula is C14H19Cl2N. The van der Waals surface area contributed by atoms with Gasteiger partial charge in [0.1, 0.15) is 0 Å². The molecule has 0 bridgehead atoms. The Labute approximate surface area is 113 Å². The monoisotopic (exact) mass is 271 g/mol. The van der Waals surface area contributed by atoms with E-state index in [9.17, 15) is 0 Å². The van der Waals surface area contributed by atoms with Gasteiger partial charge in [-0.15, -0.1) is 0 Å². The maximum Gasteiger partial charge on any atom is 0.0439 e.